The summed E-state index contributed by atoms with van der Waals surface area (Å²) in [5.41, 5.74) is 0. The highest BCUT2D eigenvalue weighted by Crippen LogP contribution is 2.21. The van der Waals surface area contributed by atoms with E-state index in [4.69, 9.17) is 4.74 Å². The largest absolute Gasteiger partial charge is 0.461 e. The molecule has 0 aromatic carbocycles. The summed E-state index contributed by atoms with van der Waals surface area (Å²) in [6, 6.07) is 0. The first-order valence-electron chi connectivity index (χ1n) is 3.78. The maximum Gasteiger partial charge on any atom is 0.316 e. The highest BCUT2D eigenvalue weighted by molar-refractivity contribution is 6.01. The lowest BCUT2D eigenvalue weighted by atomic mass is 9.89. The summed E-state index contributed by atoms with van der Waals surface area (Å²) < 4.78 is 4.92. The molecule has 1 rings (SSSR count). The second kappa shape index (κ2) is 2.64. The van der Waals surface area contributed by atoms with Crippen molar-refractivity contribution in [1.82, 2.24) is 0 Å². The molecule has 0 N–H and O–H groups in total. The van der Waals surface area contributed by atoms with Gasteiger partial charge in [-0.05, 0) is 13.8 Å². The fourth-order valence-corrected chi connectivity index (χ4v) is 1.13. The van der Waals surface area contributed by atoms with Crippen LogP contribution in [-0.2, 0) is 14.3 Å². The zero-order valence-corrected chi connectivity index (χ0v) is 6.96. The van der Waals surface area contributed by atoms with Gasteiger partial charge in [0.15, 0.2) is 5.78 Å². The highest BCUT2D eigenvalue weighted by Gasteiger charge is 2.37. The van der Waals surface area contributed by atoms with Gasteiger partial charge in [0.05, 0.1) is 5.92 Å². The number of cyclic esters (lactones) is 1. The van der Waals surface area contributed by atoms with Gasteiger partial charge in [-0.3, -0.25) is 9.59 Å². The third-order valence-corrected chi connectivity index (χ3v) is 2.24. The Morgan fingerprint density at radius 1 is 1.18 bits per heavy atom. The Kier molecular flexibility index (Phi) is 1.98. The van der Waals surface area contributed by atoms with Crippen molar-refractivity contribution in [3.05, 3.63) is 0 Å². The molecule has 0 amide bonds. The molecule has 0 aromatic heterocycles. The number of esters is 1. The van der Waals surface area contributed by atoms with Crippen molar-refractivity contribution in [3.63, 3.8) is 0 Å². The second-order valence-electron chi connectivity index (χ2n) is 3.05. The van der Waals surface area contributed by atoms with E-state index < -0.39 is 5.92 Å². The molecule has 1 aliphatic heterocycles. The van der Waals surface area contributed by atoms with E-state index in [0.29, 0.717) is 0 Å². The third-order valence-electron chi connectivity index (χ3n) is 2.24. The molecular formula is C8H12O3. The molecule has 3 nitrogen and oxygen atoms in total. The predicted molar refractivity (Wildman–Crippen MR) is 38.9 cm³/mol. The van der Waals surface area contributed by atoms with E-state index in [-0.39, 0.29) is 23.8 Å². The summed E-state index contributed by atoms with van der Waals surface area (Å²) in [5, 5.41) is 0. The number of carbonyl (C=O) groups excluding carboxylic acids is 2. The van der Waals surface area contributed by atoms with Crippen molar-refractivity contribution >= 4 is 11.8 Å². The fraction of sp³-hybridized carbons (Fsp3) is 0.750. The van der Waals surface area contributed by atoms with Crippen molar-refractivity contribution in [2.24, 2.45) is 11.8 Å². The summed E-state index contributed by atoms with van der Waals surface area (Å²) >= 11 is 0. The van der Waals surface area contributed by atoms with Crippen molar-refractivity contribution in [1.29, 1.82) is 0 Å². The van der Waals surface area contributed by atoms with E-state index in [1.807, 2.05) is 0 Å². The van der Waals surface area contributed by atoms with Crippen molar-refractivity contribution < 1.29 is 14.3 Å². The smallest absolute Gasteiger partial charge is 0.316 e. The lowest BCUT2D eigenvalue weighted by Gasteiger charge is -2.27. The summed E-state index contributed by atoms with van der Waals surface area (Å²) in [6.45, 7) is 5.12. The number of hydrogen-bond acceptors (Lipinski definition) is 3. The summed E-state index contributed by atoms with van der Waals surface area (Å²) in [6.07, 6.45) is -0.258. The summed E-state index contributed by atoms with van der Waals surface area (Å²) in [5.74, 6) is -1.11. The van der Waals surface area contributed by atoms with Gasteiger partial charge in [-0.15, -0.1) is 0 Å². The first-order chi connectivity index (χ1) is 5.04. The average molecular weight is 156 g/mol. The van der Waals surface area contributed by atoms with E-state index in [9.17, 15) is 9.59 Å². The Bertz CT molecular complexity index is 198. The van der Waals surface area contributed by atoms with Crippen LogP contribution in [0.5, 0.6) is 0 Å². The van der Waals surface area contributed by atoms with Gasteiger partial charge in [0.1, 0.15) is 12.0 Å². The number of Topliss-reactive ketones (excluding diaryl/α,β-unsaturated/α-hetero) is 1. The van der Waals surface area contributed by atoms with Gasteiger partial charge in [-0.25, -0.2) is 0 Å². The van der Waals surface area contributed by atoms with E-state index >= 15 is 0 Å². The Labute approximate surface area is 65.7 Å². The SMILES string of the molecule is CC1C(=O)O[C@H](C)[C@H](C)C1=O. The van der Waals surface area contributed by atoms with Crippen LogP contribution in [0.3, 0.4) is 0 Å². The van der Waals surface area contributed by atoms with Gasteiger partial charge < -0.3 is 4.74 Å². The van der Waals surface area contributed by atoms with Crippen LogP contribution in [0.1, 0.15) is 20.8 Å². The minimum absolute atomic E-state index is 0.00579. The van der Waals surface area contributed by atoms with E-state index in [1.165, 1.54) is 0 Å². The molecule has 3 heteroatoms. The molecule has 1 heterocycles. The zero-order valence-electron chi connectivity index (χ0n) is 6.96. The molecule has 0 bridgehead atoms. The quantitative estimate of drug-likeness (QED) is 0.384. The van der Waals surface area contributed by atoms with Crippen LogP contribution < -0.4 is 0 Å². The molecule has 0 spiro atoms. The molecule has 3 atom stereocenters. The van der Waals surface area contributed by atoms with Crippen LogP contribution in [0.2, 0.25) is 0 Å². The highest BCUT2D eigenvalue weighted by atomic mass is 16.5. The normalized spacial score (nSPS) is 38.6. The minimum atomic E-state index is -0.568. The van der Waals surface area contributed by atoms with Crippen LogP contribution >= 0.6 is 0 Å². The lowest BCUT2D eigenvalue weighted by molar-refractivity contribution is -0.167. The maximum atomic E-state index is 11.2. The average Bonchev–Trinajstić information content (AvgIpc) is 1.97. The molecule has 1 aliphatic rings. The predicted octanol–water partition coefficient (Wildman–Crippen LogP) is 0.773. The monoisotopic (exact) mass is 156 g/mol. The van der Waals surface area contributed by atoms with Gasteiger partial charge in [-0.2, -0.15) is 0 Å². The van der Waals surface area contributed by atoms with E-state index in [0.717, 1.165) is 0 Å². The third kappa shape index (κ3) is 1.27. The van der Waals surface area contributed by atoms with E-state index in [1.54, 1.807) is 20.8 Å². The van der Waals surface area contributed by atoms with Crippen LogP contribution in [0.15, 0.2) is 0 Å². The van der Waals surface area contributed by atoms with Crippen LogP contribution in [0.4, 0.5) is 0 Å². The minimum Gasteiger partial charge on any atom is -0.461 e. The topological polar surface area (TPSA) is 43.4 Å². The Morgan fingerprint density at radius 2 is 1.73 bits per heavy atom. The molecule has 1 unspecified atom stereocenters. The van der Waals surface area contributed by atoms with Gasteiger partial charge in [0.2, 0.25) is 0 Å². The molecule has 0 aliphatic carbocycles. The molecule has 62 valence electrons. The molecule has 0 aromatic rings. The van der Waals surface area contributed by atoms with Gasteiger partial charge in [-0.1, -0.05) is 6.92 Å². The molecule has 1 saturated heterocycles. The second-order valence-corrected chi connectivity index (χ2v) is 3.05. The number of carbonyl (C=O) groups is 2. The van der Waals surface area contributed by atoms with Crippen molar-refractivity contribution in [2.45, 2.75) is 26.9 Å². The Hall–Kier alpha value is -0.860. The van der Waals surface area contributed by atoms with Crippen LogP contribution in [0, 0.1) is 11.8 Å². The van der Waals surface area contributed by atoms with Crippen LogP contribution in [-0.4, -0.2) is 17.9 Å². The zero-order chi connectivity index (χ0) is 8.59. The molecule has 1 fully saturated rings. The molecule has 11 heavy (non-hydrogen) atoms. The standard InChI is InChI=1S/C8H12O3/c1-4-6(3)11-8(10)5(2)7(4)9/h4-6H,1-3H3/t4-,5?,6+/m0/s1. The summed E-state index contributed by atoms with van der Waals surface area (Å²) in [4.78, 5) is 22.2. The van der Waals surface area contributed by atoms with Crippen LogP contribution in [0.25, 0.3) is 0 Å². The van der Waals surface area contributed by atoms with Gasteiger partial charge in [0, 0.05) is 0 Å². The first kappa shape index (κ1) is 8.24. The Morgan fingerprint density at radius 3 is 2.27 bits per heavy atom. The molecule has 0 saturated carbocycles. The maximum absolute atomic E-state index is 11.2. The molecule has 0 radical (unpaired) electrons. The number of hydrogen-bond donors (Lipinski definition) is 0. The van der Waals surface area contributed by atoms with Crippen molar-refractivity contribution in [2.75, 3.05) is 0 Å². The summed E-state index contributed by atoms with van der Waals surface area (Å²) in [7, 11) is 0. The van der Waals surface area contributed by atoms with Gasteiger partial charge in [0.25, 0.3) is 0 Å². The van der Waals surface area contributed by atoms with Gasteiger partial charge >= 0.3 is 5.97 Å². The van der Waals surface area contributed by atoms with E-state index in [2.05, 4.69) is 0 Å². The fourth-order valence-electron chi connectivity index (χ4n) is 1.13. The number of ketones is 1. The Balaban J connectivity index is 2.79. The number of rotatable bonds is 0. The lowest BCUT2D eigenvalue weighted by Crippen LogP contribution is -2.42. The van der Waals surface area contributed by atoms with Crippen molar-refractivity contribution in [3.8, 4) is 0 Å². The molecular weight excluding hydrogens is 144 g/mol. The first-order valence-corrected chi connectivity index (χ1v) is 3.78. The number of ether oxygens (including phenoxy) is 1.